The Hall–Kier alpha value is -1.55. The monoisotopic (exact) mass is 296 g/mol. The van der Waals surface area contributed by atoms with Gasteiger partial charge in [-0.1, -0.05) is 17.9 Å². The smallest absolute Gasteiger partial charge is 0.299 e. The van der Waals surface area contributed by atoms with Gasteiger partial charge in [-0.05, 0) is 38.5 Å². The summed E-state index contributed by atoms with van der Waals surface area (Å²) in [6.07, 6.45) is 0.352. The quantitative estimate of drug-likeness (QED) is 0.718. The second kappa shape index (κ2) is 7.29. The van der Waals surface area contributed by atoms with Crippen molar-refractivity contribution in [3.63, 3.8) is 0 Å². The Morgan fingerprint density at radius 3 is 2.65 bits per heavy atom. The molecule has 0 fully saturated rings. The lowest BCUT2D eigenvalue weighted by Crippen LogP contribution is -2.35. The molecular formula is C14H20N2O3S. The minimum absolute atomic E-state index is 0.0191. The number of rotatable bonds is 5. The van der Waals surface area contributed by atoms with Crippen LogP contribution in [-0.2, 0) is 10.2 Å². The van der Waals surface area contributed by atoms with Crippen molar-refractivity contribution in [1.29, 1.82) is 0 Å². The van der Waals surface area contributed by atoms with Crippen LogP contribution in [0, 0.1) is 18.8 Å². The van der Waals surface area contributed by atoms with Crippen molar-refractivity contribution in [1.82, 2.24) is 4.72 Å². The van der Waals surface area contributed by atoms with E-state index in [1.54, 1.807) is 26.0 Å². The van der Waals surface area contributed by atoms with Gasteiger partial charge in [0.2, 0.25) is 0 Å². The molecule has 0 aliphatic heterocycles. The molecule has 20 heavy (non-hydrogen) atoms. The van der Waals surface area contributed by atoms with E-state index < -0.39 is 10.2 Å². The van der Waals surface area contributed by atoms with E-state index in [0.717, 1.165) is 5.56 Å². The van der Waals surface area contributed by atoms with Gasteiger partial charge in [0.15, 0.2) is 0 Å². The zero-order valence-corrected chi connectivity index (χ0v) is 12.7. The summed E-state index contributed by atoms with van der Waals surface area (Å²) < 4.78 is 28.7. The maximum absolute atomic E-state index is 11.9. The molecular weight excluding hydrogens is 276 g/mol. The first kappa shape index (κ1) is 16.5. The van der Waals surface area contributed by atoms with Crippen LogP contribution < -0.4 is 9.44 Å². The summed E-state index contributed by atoms with van der Waals surface area (Å²) in [5.74, 6) is 5.66. The van der Waals surface area contributed by atoms with Crippen LogP contribution in [0.5, 0.6) is 0 Å². The molecule has 1 aromatic carbocycles. The molecule has 0 unspecified atom stereocenters. The fourth-order valence-electron chi connectivity index (χ4n) is 1.55. The van der Waals surface area contributed by atoms with Crippen molar-refractivity contribution in [2.45, 2.75) is 33.2 Å². The van der Waals surface area contributed by atoms with Gasteiger partial charge in [0.05, 0.1) is 12.3 Å². The molecule has 0 aliphatic rings. The summed E-state index contributed by atoms with van der Waals surface area (Å²) in [5.41, 5.74) is 2.00. The van der Waals surface area contributed by atoms with Gasteiger partial charge in [0.25, 0.3) is 10.2 Å². The average Bonchev–Trinajstić information content (AvgIpc) is 2.31. The molecule has 1 aromatic rings. The van der Waals surface area contributed by atoms with Crippen LogP contribution in [0.4, 0.5) is 5.69 Å². The molecule has 6 heteroatoms. The number of aryl methyl sites for hydroxylation is 1. The Morgan fingerprint density at radius 2 is 2.05 bits per heavy atom. The maximum Gasteiger partial charge on any atom is 0.299 e. The predicted octanol–water partition coefficient (Wildman–Crippen LogP) is 1.38. The Kier molecular flexibility index (Phi) is 6.02. The van der Waals surface area contributed by atoms with Crippen molar-refractivity contribution in [3.05, 3.63) is 29.3 Å². The van der Waals surface area contributed by atoms with Crippen molar-refractivity contribution in [3.8, 4) is 11.8 Å². The van der Waals surface area contributed by atoms with E-state index in [2.05, 4.69) is 21.3 Å². The minimum atomic E-state index is -3.62. The van der Waals surface area contributed by atoms with E-state index in [0.29, 0.717) is 17.7 Å². The fraction of sp³-hybridized carbons (Fsp3) is 0.429. The lowest BCUT2D eigenvalue weighted by atomic mass is 10.1. The fourth-order valence-corrected chi connectivity index (χ4v) is 2.70. The number of hydrogen-bond acceptors (Lipinski definition) is 3. The Labute approximate surface area is 120 Å². The molecule has 0 bridgehead atoms. The third-order valence-electron chi connectivity index (χ3n) is 2.27. The molecule has 0 spiro atoms. The maximum atomic E-state index is 11.9. The highest BCUT2D eigenvalue weighted by atomic mass is 32.2. The lowest BCUT2D eigenvalue weighted by molar-refractivity contribution is 0.305. The molecule has 5 nitrogen and oxygen atoms in total. The summed E-state index contributed by atoms with van der Waals surface area (Å²) in [4.78, 5) is 0. The van der Waals surface area contributed by atoms with Gasteiger partial charge in [-0.3, -0.25) is 4.72 Å². The van der Waals surface area contributed by atoms with E-state index in [1.165, 1.54) is 0 Å². The normalized spacial score (nSPS) is 11.1. The second-order valence-corrected chi connectivity index (χ2v) is 6.15. The van der Waals surface area contributed by atoms with Gasteiger partial charge < -0.3 is 5.11 Å². The average molecular weight is 296 g/mol. The lowest BCUT2D eigenvalue weighted by Gasteiger charge is -2.13. The Bertz CT molecular complexity index is 613. The van der Waals surface area contributed by atoms with E-state index in [4.69, 9.17) is 5.11 Å². The Balaban J connectivity index is 3.04. The highest BCUT2D eigenvalue weighted by Crippen LogP contribution is 2.17. The molecule has 3 N–H and O–H groups in total. The van der Waals surface area contributed by atoms with Crippen LogP contribution in [0.2, 0.25) is 0 Å². The molecule has 0 saturated carbocycles. The number of aliphatic hydroxyl groups is 1. The number of hydrogen-bond donors (Lipinski definition) is 3. The van der Waals surface area contributed by atoms with E-state index in [-0.39, 0.29) is 12.6 Å². The summed E-state index contributed by atoms with van der Waals surface area (Å²) in [6, 6.07) is 5.10. The van der Waals surface area contributed by atoms with Gasteiger partial charge >= 0.3 is 0 Å². The zero-order chi connectivity index (χ0) is 15.2. The van der Waals surface area contributed by atoms with Gasteiger partial charge in [0, 0.05) is 18.0 Å². The summed E-state index contributed by atoms with van der Waals surface area (Å²) in [6.45, 7) is 5.38. The molecule has 0 aromatic heterocycles. The third kappa shape index (κ3) is 5.61. The molecule has 0 atom stereocenters. The van der Waals surface area contributed by atoms with Crippen LogP contribution in [0.15, 0.2) is 18.2 Å². The Morgan fingerprint density at radius 1 is 1.35 bits per heavy atom. The summed E-state index contributed by atoms with van der Waals surface area (Å²) in [5, 5.41) is 8.73. The summed E-state index contributed by atoms with van der Waals surface area (Å²) >= 11 is 0. The molecule has 1 rings (SSSR count). The van der Waals surface area contributed by atoms with Crippen LogP contribution in [-0.4, -0.2) is 26.2 Å². The second-order valence-electron chi connectivity index (χ2n) is 4.70. The third-order valence-corrected chi connectivity index (χ3v) is 3.54. The number of aliphatic hydroxyl groups excluding tert-OH is 1. The van der Waals surface area contributed by atoms with Crippen molar-refractivity contribution in [2.75, 3.05) is 11.3 Å². The van der Waals surface area contributed by atoms with Gasteiger partial charge in [-0.25, -0.2) is 0 Å². The van der Waals surface area contributed by atoms with Gasteiger partial charge in [-0.15, -0.1) is 0 Å². The SMILES string of the molecule is Cc1ccc(NS(=O)(=O)NC(C)C)c(C#CCCO)c1. The van der Waals surface area contributed by atoms with Crippen LogP contribution in [0.3, 0.4) is 0 Å². The summed E-state index contributed by atoms with van der Waals surface area (Å²) in [7, 11) is -3.62. The molecule has 0 radical (unpaired) electrons. The van der Waals surface area contributed by atoms with E-state index in [9.17, 15) is 8.42 Å². The zero-order valence-electron chi connectivity index (χ0n) is 11.9. The molecule has 0 saturated heterocycles. The first-order valence-corrected chi connectivity index (χ1v) is 7.83. The number of nitrogens with one attached hydrogen (secondary N) is 2. The number of benzene rings is 1. The first-order valence-electron chi connectivity index (χ1n) is 6.34. The molecule has 0 heterocycles. The predicted molar refractivity (Wildman–Crippen MR) is 80.6 cm³/mol. The van der Waals surface area contributed by atoms with Crippen LogP contribution in [0.25, 0.3) is 0 Å². The van der Waals surface area contributed by atoms with Crippen molar-refractivity contribution >= 4 is 15.9 Å². The van der Waals surface area contributed by atoms with Crippen molar-refractivity contribution in [2.24, 2.45) is 0 Å². The van der Waals surface area contributed by atoms with Crippen LogP contribution >= 0.6 is 0 Å². The molecule has 0 aliphatic carbocycles. The first-order chi connectivity index (χ1) is 9.34. The highest BCUT2D eigenvalue weighted by molar-refractivity contribution is 7.90. The van der Waals surface area contributed by atoms with Crippen molar-refractivity contribution < 1.29 is 13.5 Å². The molecule has 110 valence electrons. The highest BCUT2D eigenvalue weighted by Gasteiger charge is 2.13. The molecule has 0 amide bonds. The number of anilines is 1. The minimum Gasteiger partial charge on any atom is -0.395 e. The van der Waals surface area contributed by atoms with E-state index in [1.807, 2.05) is 13.0 Å². The van der Waals surface area contributed by atoms with E-state index >= 15 is 0 Å². The van der Waals surface area contributed by atoms with Gasteiger partial charge in [0.1, 0.15) is 0 Å². The topological polar surface area (TPSA) is 78.4 Å². The van der Waals surface area contributed by atoms with Gasteiger partial charge in [-0.2, -0.15) is 13.1 Å². The largest absolute Gasteiger partial charge is 0.395 e. The standard InChI is InChI=1S/C14H20N2O3S/c1-11(2)15-20(18,19)16-14-8-7-12(3)10-13(14)6-4-5-9-17/h7-8,10-11,15-17H,5,9H2,1-3H3. The van der Waals surface area contributed by atoms with Crippen LogP contribution in [0.1, 0.15) is 31.4 Å².